The molecule has 1 aliphatic carbocycles. The van der Waals surface area contributed by atoms with E-state index in [4.69, 9.17) is 0 Å². The van der Waals surface area contributed by atoms with E-state index in [1.165, 1.54) is 18.4 Å². The van der Waals surface area contributed by atoms with E-state index < -0.39 is 0 Å². The third-order valence-electron chi connectivity index (χ3n) is 5.15. The largest absolute Gasteiger partial charge is 0.356 e. The predicted octanol–water partition coefficient (Wildman–Crippen LogP) is 2.77. The maximum atomic E-state index is 12.5. The van der Waals surface area contributed by atoms with Crippen molar-refractivity contribution in [2.24, 2.45) is 11.8 Å². The van der Waals surface area contributed by atoms with Crippen molar-refractivity contribution in [2.45, 2.75) is 44.9 Å². The van der Waals surface area contributed by atoms with Crippen molar-refractivity contribution in [1.82, 2.24) is 10.2 Å². The quantitative estimate of drug-likeness (QED) is 0.816. The van der Waals surface area contributed by atoms with Crippen molar-refractivity contribution in [1.29, 1.82) is 0 Å². The molecule has 1 aliphatic heterocycles. The van der Waals surface area contributed by atoms with Gasteiger partial charge < -0.3 is 10.2 Å². The smallest absolute Gasteiger partial charge is 0.226 e. The molecule has 0 bridgehead atoms. The first-order valence-electron chi connectivity index (χ1n) is 9.36. The van der Waals surface area contributed by atoms with Crippen molar-refractivity contribution >= 4 is 11.8 Å². The van der Waals surface area contributed by atoms with Gasteiger partial charge >= 0.3 is 0 Å². The van der Waals surface area contributed by atoms with Gasteiger partial charge in [-0.3, -0.25) is 9.59 Å². The van der Waals surface area contributed by atoms with Crippen LogP contribution in [0.2, 0.25) is 0 Å². The highest BCUT2D eigenvalue weighted by Gasteiger charge is 2.49. The van der Waals surface area contributed by atoms with Crippen molar-refractivity contribution in [2.75, 3.05) is 19.6 Å². The van der Waals surface area contributed by atoms with Crippen molar-refractivity contribution in [3.63, 3.8) is 0 Å². The van der Waals surface area contributed by atoms with Crippen LogP contribution in [0.5, 0.6) is 0 Å². The summed E-state index contributed by atoms with van der Waals surface area (Å²) in [7, 11) is 0. The number of benzene rings is 1. The molecule has 1 saturated heterocycles. The summed E-state index contributed by atoms with van der Waals surface area (Å²) >= 11 is 0. The molecule has 1 aromatic carbocycles. The standard InChI is InChI=1S/C20H28N2O2/c23-19(21-12-8-11-16-9-4-3-5-10-16)17-15-18(17)20(24)22-13-6-1-2-7-14-22/h3-5,9-10,17-18H,1-2,6-8,11-15H2,(H,21,23). The molecule has 1 aromatic rings. The second kappa shape index (κ2) is 8.32. The van der Waals surface area contributed by atoms with Gasteiger partial charge in [-0.1, -0.05) is 43.2 Å². The monoisotopic (exact) mass is 328 g/mol. The number of amides is 2. The van der Waals surface area contributed by atoms with Gasteiger partial charge in [-0.15, -0.1) is 0 Å². The number of carbonyl (C=O) groups is 2. The third-order valence-corrected chi connectivity index (χ3v) is 5.15. The Bertz CT molecular complexity index is 550. The van der Waals surface area contributed by atoms with Crippen LogP contribution in [0.15, 0.2) is 30.3 Å². The molecule has 4 nitrogen and oxygen atoms in total. The van der Waals surface area contributed by atoms with E-state index in [-0.39, 0.29) is 23.7 Å². The summed E-state index contributed by atoms with van der Waals surface area (Å²) in [6.07, 6.45) is 7.30. The van der Waals surface area contributed by atoms with E-state index in [9.17, 15) is 9.59 Å². The molecule has 2 amide bonds. The maximum Gasteiger partial charge on any atom is 0.226 e. The maximum absolute atomic E-state index is 12.5. The average Bonchev–Trinajstić information content (AvgIpc) is 3.42. The summed E-state index contributed by atoms with van der Waals surface area (Å²) < 4.78 is 0. The van der Waals surface area contributed by atoms with Crippen LogP contribution in [0.3, 0.4) is 0 Å². The van der Waals surface area contributed by atoms with Gasteiger partial charge in [-0.25, -0.2) is 0 Å². The Morgan fingerprint density at radius 1 is 1.00 bits per heavy atom. The first-order valence-corrected chi connectivity index (χ1v) is 9.36. The van der Waals surface area contributed by atoms with Gasteiger partial charge in [0.1, 0.15) is 0 Å². The predicted molar refractivity (Wildman–Crippen MR) is 94.4 cm³/mol. The van der Waals surface area contributed by atoms with Crippen LogP contribution in [0, 0.1) is 11.8 Å². The normalized spacial score (nSPS) is 23.4. The Hall–Kier alpha value is -1.84. The minimum atomic E-state index is -0.0857. The number of aryl methyl sites for hydroxylation is 1. The molecule has 24 heavy (non-hydrogen) atoms. The fourth-order valence-electron chi connectivity index (χ4n) is 3.56. The highest BCUT2D eigenvalue weighted by molar-refractivity contribution is 5.92. The molecule has 0 radical (unpaired) electrons. The fourth-order valence-corrected chi connectivity index (χ4v) is 3.56. The zero-order chi connectivity index (χ0) is 16.8. The van der Waals surface area contributed by atoms with Gasteiger partial charge in [0, 0.05) is 19.6 Å². The van der Waals surface area contributed by atoms with Crippen LogP contribution >= 0.6 is 0 Å². The molecule has 1 N–H and O–H groups in total. The zero-order valence-electron chi connectivity index (χ0n) is 14.4. The molecule has 0 aromatic heterocycles. The van der Waals surface area contributed by atoms with Crippen LogP contribution in [0.1, 0.15) is 44.1 Å². The van der Waals surface area contributed by atoms with E-state index in [0.29, 0.717) is 6.54 Å². The topological polar surface area (TPSA) is 49.4 Å². The van der Waals surface area contributed by atoms with E-state index >= 15 is 0 Å². The van der Waals surface area contributed by atoms with E-state index in [2.05, 4.69) is 17.4 Å². The Balaban J connectivity index is 1.35. The van der Waals surface area contributed by atoms with Gasteiger partial charge in [0.05, 0.1) is 11.8 Å². The Morgan fingerprint density at radius 3 is 2.42 bits per heavy atom. The highest BCUT2D eigenvalue weighted by atomic mass is 16.2. The second-order valence-electron chi connectivity index (χ2n) is 7.07. The summed E-state index contributed by atoms with van der Waals surface area (Å²) in [5, 5.41) is 3.01. The molecule has 2 atom stereocenters. The number of nitrogens with zero attached hydrogens (tertiary/aromatic N) is 1. The SMILES string of the molecule is O=C(NCCCc1ccccc1)C1CC1C(=O)N1CCCCCC1. The summed E-state index contributed by atoms with van der Waals surface area (Å²) in [4.78, 5) is 26.7. The number of hydrogen-bond acceptors (Lipinski definition) is 2. The molecule has 1 heterocycles. The molecule has 0 spiro atoms. The Labute approximate surface area is 144 Å². The molecule has 2 fully saturated rings. The summed E-state index contributed by atoms with van der Waals surface area (Å²) in [6.45, 7) is 2.44. The van der Waals surface area contributed by atoms with Gasteiger partial charge in [-0.05, 0) is 37.7 Å². The molecule has 1 saturated carbocycles. The van der Waals surface area contributed by atoms with E-state index in [0.717, 1.165) is 45.2 Å². The number of likely N-dealkylation sites (tertiary alicyclic amines) is 1. The molecular formula is C20H28N2O2. The van der Waals surface area contributed by atoms with Crippen molar-refractivity contribution in [3.05, 3.63) is 35.9 Å². The lowest BCUT2D eigenvalue weighted by atomic mass is 10.1. The Morgan fingerprint density at radius 2 is 1.71 bits per heavy atom. The van der Waals surface area contributed by atoms with Crippen LogP contribution < -0.4 is 5.32 Å². The molecule has 130 valence electrons. The van der Waals surface area contributed by atoms with Gasteiger partial charge in [0.2, 0.25) is 11.8 Å². The number of hydrogen-bond donors (Lipinski definition) is 1. The first kappa shape index (κ1) is 17.0. The van der Waals surface area contributed by atoms with E-state index in [1.807, 2.05) is 23.1 Å². The Kier molecular flexibility index (Phi) is 5.89. The summed E-state index contributed by atoms with van der Waals surface area (Å²) in [5.74, 6) is 0.132. The molecule has 2 aliphatic rings. The first-order chi connectivity index (χ1) is 11.8. The van der Waals surface area contributed by atoms with Gasteiger partial charge in [0.15, 0.2) is 0 Å². The number of rotatable bonds is 6. The second-order valence-corrected chi connectivity index (χ2v) is 7.07. The number of nitrogens with one attached hydrogen (secondary N) is 1. The minimum absolute atomic E-state index is 0.0581. The lowest BCUT2D eigenvalue weighted by Crippen LogP contribution is -2.35. The minimum Gasteiger partial charge on any atom is -0.356 e. The van der Waals surface area contributed by atoms with E-state index in [1.54, 1.807) is 0 Å². The molecule has 3 rings (SSSR count). The van der Waals surface area contributed by atoms with Crippen molar-refractivity contribution < 1.29 is 9.59 Å². The number of carbonyl (C=O) groups excluding carboxylic acids is 2. The van der Waals surface area contributed by atoms with Gasteiger partial charge in [0.25, 0.3) is 0 Å². The molecular weight excluding hydrogens is 300 g/mol. The van der Waals surface area contributed by atoms with Crippen molar-refractivity contribution in [3.8, 4) is 0 Å². The highest BCUT2D eigenvalue weighted by Crippen LogP contribution is 2.40. The van der Waals surface area contributed by atoms with Crippen LogP contribution in [-0.4, -0.2) is 36.3 Å². The lowest BCUT2D eigenvalue weighted by Gasteiger charge is -2.20. The van der Waals surface area contributed by atoms with Crippen LogP contribution in [0.4, 0.5) is 0 Å². The zero-order valence-corrected chi connectivity index (χ0v) is 14.4. The molecule has 4 heteroatoms. The van der Waals surface area contributed by atoms with Crippen LogP contribution in [-0.2, 0) is 16.0 Å². The lowest BCUT2D eigenvalue weighted by molar-refractivity contribution is -0.134. The van der Waals surface area contributed by atoms with Gasteiger partial charge in [-0.2, -0.15) is 0 Å². The van der Waals surface area contributed by atoms with Crippen LogP contribution in [0.25, 0.3) is 0 Å². The summed E-state index contributed by atoms with van der Waals surface area (Å²) in [6, 6.07) is 10.3. The average molecular weight is 328 g/mol. The fraction of sp³-hybridized carbons (Fsp3) is 0.600. The summed E-state index contributed by atoms with van der Waals surface area (Å²) in [5.41, 5.74) is 1.30. The third kappa shape index (κ3) is 4.59. The molecule has 2 unspecified atom stereocenters.